The smallest absolute Gasteiger partial charge is 0.254 e. The lowest BCUT2D eigenvalue weighted by molar-refractivity contribution is 0.583. The van der Waals surface area contributed by atoms with E-state index in [1.54, 1.807) is 4.83 Å². The van der Waals surface area contributed by atoms with E-state index in [1.807, 2.05) is 0 Å². The van der Waals surface area contributed by atoms with Crippen molar-refractivity contribution < 1.29 is 8.42 Å². The molecule has 0 bridgehead atoms. The van der Waals surface area contributed by atoms with E-state index in [0.717, 1.165) is 6.20 Å². The van der Waals surface area contributed by atoms with Crippen molar-refractivity contribution in [3.63, 3.8) is 0 Å². The lowest BCUT2D eigenvalue weighted by Crippen LogP contribution is -2.30. The van der Waals surface area contributed by atoms with Crippen molar-refractivity contribution in [3.05, 3.63) is 23.5 Å². The molecule has 1 aromatic rings. The monoisotopic (exact) mass is 207 g/mol. The summed E-state index contributed by atoms with van der Waals surface area (Å²) in [5, 5.41) is 0.228. The Morgan fingerprint density at radius 2 is 2.17 bits per heavy atom. The predicted octanol–water partition coefficient (Wildman–Crippen LogP) is -0.113. The van der Waals surface area contributed by atoms with Gasteiger partial charge < -0.3 is 0 Å². The summed E-state index contributed by atoms with van der Waals surface area (Å²) >= 11 is 5.45. The summed E-state index contributed by atoms with van der Waals surface area (Å²) in [6.07, 6.45) is 1.12. The Labute approximate surface area is 74.6 Å². The highest BCUT2D eigenvalue weighted by Gasteiger charge is 2.10. The Morgan fingerprint density at radius 3 is 2.58 bits per heavy atom. The molecule has 1 aromatic heterocycles. The van der Waals surface area contributed by atoms with Crippen LogP contribution in [-0.4, -0.2) is 13.4 Å². The number of hydrogen-bond donors (Lipinski definition) is 2. The molecule has 1 rings (SSSR count). The third-order valence-electron chi connectivity index (χ3n) is 1.17. The second kappa shape index (κ2) is 3.36. The van der Waals surface area contributed by atoms with Crippen molar-refractivity contribution in [2.75, 3.05) is 0 Å². The minimum Gasteiger partial charge on any atom is -0.257 e. The van der Waals surface area contributed by atoms with E-state index in [1.165, 1.54) is 12.1 Å². The second-order valence-corrected chi connectivity index (χ2v) is 4.04. The molecule has 0 amide bonds. The van der Waals surface area contributed by atoms with Crippen molar-refractivity contribution in [2.24, 2.45) is 5.84 Å². The van der Waals surface area contributed by atoms with Crippen molar-refractivity contribution in [1.29, 1.82) is 0 Å². The molecule has 5 nitrogen and oxygen atoms in total. The van der Waals surface area contributed by atoms with Gasteiger partial charge in [0.05, 0.1) is 0 Å². The summed E-state index contributed by atoms with van der Waals surface area (Å²) in [7, 11) is -3.61. The summed E-state index contributed by atoms with van der Waals surface area (Å²) in [5.74, 6) is 4.78. The maximum atomic E-state index is 11.0. The molecule has 7 heteroatoms. The number of nitrogens with zero attached hydrogens (tertiary/aromatic N) is 1. The van der Waals surface area contributed by atoms with Crippen molar-refractivity contribution in [1.82, 2.24) is 9.82 Å². The predicted molar refractivity (Wildman–Crippen MR) is 43.8 cm³/mol. The molecular weight excluding hydrogens is 202 g/mol. The molecule has 0 aliphatic heterocycles. The molecule has 0 unspecified atom stereocenters. The number of rotatable bonds is 2. The Hall–Kier alpha value is -0.690. The number of sulfonamides is 1. The van der Waals surface area contributed by atoms with Gasteiger partial charge in [0.15, 0.2) is 0 Å². The van der Waals surface area contributed by atoms with Gasteiger partial charge in [-0.05, 0) is 12.1 Å². The van der Waals surface area contributed by atoms with Crippen LogP contribution < -0.4 is 10.7 Å². The van der Waals surface area contributed by atoms with E-state index in [9.17, 15) is 8.42 Å². The third-order valence-corrected chi connectivity index (χ3v) is 2.56. The van der Waals surface area contributed by atoms with Crippen LogP contribution in [0.25, 0.3) is 0 Å². The van der Waals surface area contributed by atoms with Gasteiger partial charge >= 0.3 is 0 Å². The minimum absolute atomic E-state index is 0.0191. The number of hydrogen-bond acceptors (Lipinski definition) is 4. The number of nitrogens with one attached hydrogen (secondary N) is 1. The van der Waals surface area contributed by atoms with Crippen LogP contribution in [0.3, 0.4) is 0 Å². The third kappa shape index (κ3) is 1.92. The number of nitrogens with two attached hydrogens (primary N) is 1. The molecular formula is C5H6ClN3O2S. The summed E-state index contributed by atoms with van der Waals surface area (Å²) in [5.41, 5.74) is 0. The highest BCUT2D eigenvalue weighted by Crippen LogP contribution is 2.09. The zero-order chi connectivity index (χ0) is 9.19. The van der Waals surface area contributed by atoms with Crippen LogP contribution in [0.1, 0.15) is 0 Å². The molecule has 0 fully saturated rings. The molecule has 1 heterocycles. The molecule has 0 saturated heterocycles. The molecule has 0 radical (unpaired) electrons. The summed E-state index contributed by atoms with van der Waals surface area (Å²) < 4.78 is 22.0. The van der Waals surface area contributed by atoms with E-state index < -0.39 is 10.0 Å². The van der Waals surface area contributed by atoms with Crippen molar-refractivity contribution in [3.8, 4) is 0 Å². The lowest BCUT2D eigenvalue weighted by atomic mass is 10.5. The SMILES string of the molecule is NNS(=O)(=O)c1ccc(Cl)nc1. The molecule has 0 aliphatic rings. The topological polar surface area (TPSA) is 85.1 Å². The van der Waals surface area contributed by atoms with Gasteiger partial charge in [0.2, 0.25) is 0 Å². The van der Waals surface area contributed by atoms with Crippen LogP contribution >= 0.6 is 11.6 Å². The minimum atomic E-state index is -3.61. The maximum Gasteiger partial charge on any atom is 0.254 e. The quantitative estimate of drug-likeness (QED) is 0.403. The summed E-state index contributed by atoms with van der Waals surface area (Å²) in [6.45, 7) is 0. The van der Waals surface area contributed by atoms with Gasteiger partial charge in [-0.15, -0.1) is 0 Å². The molecule has 66 valence electrons. The Morgan fingerprint density at radius 1 is 1.50 bits per heavy atom. The van der Waals surface area contributed by atoms with E-state index in [0.29, 0.717) is 0 Å². The van der Waals surface area contributed by atoms with Gasteiger partial charge in [-0.1, -0.05) is 11.6 Å². The van der Waals surface area contributed by atoms with Crippen LogP contribution in [0.15, 0.2) is 23.2 Å². The van der Waals surface area contributed by atoms with E-state index >= 15 is 0 Å². The largest absolute Gasteiger partial charge is 0.257 e. The van der Waals surface area contributed by atoms with Crippen molar-refractivity contribution >= 4 is 21.6 Å². The average molecular weight is 208 g/mol. The fourth-order valence-electron chi connectivity index (χ4n) is 0.589. The van der Waals surface area contributed by atoms with Crippen LogP contribution in [0.4, 0.5) is 0 Å². The molecule has 3 N–H and O–H groups in total. The molecule has 0 aromatic carbocycles. The molecule has 0 saturated carbocycles. The Balaban J connectivity index is 3.14. The van der Waals surface area contributed by atoms with Gasteiger partial charge in [-0.3, -0.25) is 5.84 Å². The van der Waals surface area contributed by atoms with Crippen molar-refractivity contribution in [2.45, 2.75) is 4.90 Å². The van der Waals surface area contributed by atoms with E-state index in [-0.39, 0.29) is 10.0 Å². The zero-order valence-electron chi connectivity index (χ0n) is 5.86. The fraction of sp³-hybridized carbons (Fsp3) is 0. The highest BCUT2D eigenvalue weighted by molar-refractivity contribution is 7.89. The first-order valence-electron chi connectivity index (χ1n) is 2.90. The Kier molecular flexibility index (Phi) is 2.63. The highest BCUT2D eigenvalue weighted by atomic mass is 35.5. The number of aromatic nitrogens is 1. The molecule has 0 atom stereocenters. The van der Waals surface area contributed by atoms with Crippen LogP contribution in [0, 0.1) is 0 Å². The van der Waals surface area contributed by atoms with Crippen LogP contribution in [-0.2, 0) is 10.0 Å². The molecule has 0 spiro atoms. The molecule has 12 heavy (non-hydrogen) atoms. The average Bonchev–Trinajstić information content (AvgIpc) is 2.05. The van der Waals surface area contributed by atoms with E-state index in [2.05, 4.69) is 4.98 Å². The summed E-state index contributed by atoms with van der Waals surface area (Å²) in [4.78, 5) is 5.23. The second-order valence-electron chi connectivity index (χ2n) is 1.94. The van der Waals surface area contributed by atoms with Gasteiger partial charge in [-0.25, -0.2) is 13.4 Å². The maximum absolute atomic E-state index is 11.0. The fourth-order valence-corrected chi connectivity index (χ4v) is 1.28. The van der Waals surface area contributed by atoms with Gasteiger partial charge in [0, 0.05) is 6.20 Å². The normalized spacial score (nSPS) is 11.5. The van der Waals surface area contributed by atoms with Crippen LogP contribution in [0.2, 0.25) is 5.15 Å². The van der Waals surface area contributed by atoms with Gasteiger partial charge in [0.25, 0.3) is 10.0 Å². The Bertz CT molecular complexity index is 361. The number of halogens is 1. The van der Waals surface area contributed by atoms with Gasteiger partial charge in [-0.2, -0.15) is 4.83 Å². The summed E-state index contributed by atoms with van der Waals surface area (Å²) in [6, 6.07) is 2.68. The molecule has 0 aliphatic carbocycles. The number of pyridine rings is 1. The van der Waals surface area contributed by atoms with Gasteiger partial charge in [0.1, 0.15) is 10.0 Å². The standard InChI is InChI=1S/C5H6ClN3O2S/c6-5-2-1-4(3-8-5)12(10,11)9-7/h1-3,9H,7H2. The van der Waals surface area contributed by atoms with E-state index in [4.69, 9.17) is 17.4 Å². The lowest BCUT2D eigenvalue weighted by Gasteiger charge is -1.99. The first-order chi connectivity index (χ1) is 5.56. The van der Waals surface area contributed by atoms with Crippen LogP contribution in [0.5, 0.6) is 0 Å². The number of hydrazine groups is 1. The first-order valence-corrected chi connectivity index (χ1v) is 4.76. The first kappa shape index (κ1) is 9.40. The zero-order valence-corrected chi connectivity index (χ0v) is 7.43.